The van der Waals surface area contributed by atoms with Crippen LogP contribution in [-0.4, -0.2) is 29.1 Å². The van der Waals surface area contributed by atoms with Crippen LogP contribution in [0.3, 0.4) is 0 Å². The molecule has 4 rings (SSSR count). The van der Waals surface area contributed by atoms with Crippen molar-refractivity contribution in [1.29, 1.82) is 0 Å². The van der Waals surface area contributed by atoms with Gasteiger partial charge < -0.3 is 20.8 Å². The average molecular weight is 493 g/mol. The lowest BCUT2D eigenvalue weighted by atomic mass is 9.45. The van der Waals surface area contributed by atoms with E-state index in [4.69, 9.17) is 18.4 Å². The van der Waals surface area contributed by atoms with E-state index in [1.54, 1.807) is 0 Å². The fraction of sp³-hybridized carbons (Fsp3) is 0.467. The SMILES string of the molecule is C=C(N)C1=C(O)C(C)[C@]2(CC)C[C@]3(C)Cc4c(N(C)C)cc(C)c(C)c4C(=C)C3=C(O)[C@]2(S)C1=C. The highest BCUT2D eigenvalue weighted by molar-refractivity contribution is 7.82. The Hall–Kier alpha value is -2.53. The summed E-state index contributed by atoms with van der Waals surface area (Å²) in [6.07, 6.45) is 2.18. The summed E-state index contributed by atoms with van der Waals surface area (Å²) in [5.41, 5.74) is 13.9. The highest BCUT2D eigenvalue weighted by Crippen LogP contribution is 2.70. The number of allylic oxidation sites excluding steroid dienone is 4. The van der Waals surface area contributed by atoms with E-state index in [0.29, 0.717) is 24.0 Å². The van der Waals surface area contributed by atoms with Gasteiger partial charge in [-0.3, -0.25) is 0 Å². The molecule has 3 aliphatic carbocycles. The van der Waals surface area contributed by atoms with Gasteiger partial charge in [-0.1, -0.05) is 40.5 Å². The van der Waals surface area contributed by atoms with Crippen molar-refractivity contribution in [2.24, 2.45) is 22.5 Å². The van der Waals surface area contributed by atoms with Crippen molar-refractivity contribution in [2.45, 2.75) is 58.6 Å². The van der Waals surface area contributed by atoms with Crippen LogP contribution in [0.2, 0.25) is 0 Å². The number of hydrogen-bond donors (Lipinski definition) is 4. The molecule has 0 saturated heterocycles. The molecule has 1 unspecified atom stereocenters. The molecule has 0 aromatic heterocycles. The van der Waals surface area contributed by atoms with Crippen LogP contribution in [0.1, 0.15) is 55.9 Å². The van der Waals surface area contributed by atoms with Crippen LogP contribution in [0, 0.1) is 30.6 Å². The fourth-order valence-corrected chi connectivity index (χ4v) is 8.15. The van der Waals surface area contributed by atoms with E-state index in [1.807, 2.05) is 6.92 Å². The van der Waals surface area contributed by atoms with Gasteiger partial charge >= 0.3 is 0 Å². The molecular weight excluding hydrogens is 452 g/mol. The highest BCUT2D eigenvalue weighted by atomic mass is 32.1. The second kappa shape index (κ2) is 7.73. The molecule has 0 saturated carbocycles. The first-order valence-corrected chi connectivity index (χ1v) is 12.8. The van der Waals surface area contributed by atoms with Crippen LogP contribution >= 0.6 is 12.6 Å². The van der Waals surface area contributed by atoms with Crippen molar-refractivity contribution >= 4 is 23.9 Å². The van der Waals surface area contributed by atoms with Gasteiger partial charge in [0.1, 0.15) is 16.3 Å². The van der Waals surface area contributed by atoms with Gasteiger partial charge in [0.15, 0.2) is 0 Å². The summed E-state index contributed by atoms with van der Waals surface area (Å²) in [5.74, 6) is 0.0703. The van der Waals surface area contributed by atoms with Crippen LogP contribution in [0.5, 0.6) is 0 Å². The van der Waals surface area contributed by atoms with E-state index >= 15 is 0 Å². The molecule has 4 N–H and O–H groups in total. The van der Waals surface area contributed by atoms with E-state index in [0.717, 1.165) is 23.1 Å². The second-order valence-electron chi connectivity index (χ2n) is 11.4. The summed E-state index contributed by atoms with van der Waals surface area (Å²) in [6, 6.07) is 2.25. The maximum absolute atomic E-state index is 12.2. The average Bonchev–Trinajstić information content (AvgIpc) is 2.76. The van der Waals surface area contributed by atoms with Crippen molar-refractivity contribution in [2.75, 3.05) is 19.0 Å². The number of rotatable bonds is 3. The van der Waals surface area contributed by atoms with Gasteiger partial charge in [0.05, 0.1) is 0 Å². The fourth-order valence-electron chi connectivity index (χ4n) is 7.50. The van der Waals surface area contributed by atoms with Gasteiger partial charge in [-0.05, 0) is 72.6 Å². The van der Waals surface area contributed by atoms with Gasteiger partial charge in [-0.2, -0.15) is 12.6 Å². The molecule has 0 fully saturated rings. The summed E-state index contributed by atoms with van der Waals surface area (Å²) < 4.78 is -1.11. The van der Waals surface area contributed by atoms with Gasteiger partial charge in [0.2, 0.25) is 0 Å². The quantitative estimate of drug-likeness (QED) is 0.354. The van der Waals surface area contributed by atoms with Gasteiger partial charge in [-0.25, -0.2) is 0 Å². The molecule has 3 aliphatic rings. The zero-order chi connectivity index (χ0) is 26.4. The van der Waals surface area contributed by atoms with Crippen molar-refractivity contribution in [3.05, 3.63) is 82.0 Å². The Bertz CT molecular complexity index is 1270. The molecule has 188 valence electrons. The Morgan fingerprint density at radius 2 is 1.86 bits per heavy atom. The van der Waals surface area contributed by atoms with Crippen LogP contribution in [-0.2, 0) is 6.42 Å². The topological polar surface area (TPSA) is 69.7 Å². The van der Waals surface area contributed by atoms with Gasteiger partial charge in [0, 0.05) is 53.4 Å². The van der Waals surface area contributed by atoms with E-state index < -0.39 is 15.6 Å². The van der Waals surface area contributed by atoms with E-state index in [-0.39, 0.29) is 23.1 Å². The number of nitrogens with two attached hydrogens (primary N) is 1. The number of thiol groups is 1. The summed E-state index contributed by atoms with van der Waals surface area (Å²) in [4.78, 5) is 2.16. The lowest BCUT2D eigenvalue weighted by molar-refractivity contribution is 0.0249. The molecule has 4 nitrogen and oxygen atoms in total. The Balaban J connectivity index is 2.10. The zero-order valence-electron chi connectivity index (χ0n) is 22.3. The lowest BCUT2D eigenvalue weighted by Gasteiger charge is -2.62. The standard InChI is InChI=1S/C30H40N2O2S/c1-11-29-14-28(8)13-21-22(32(9)10)12-15(2)16(3)23(21)17(4)25(28)27(34)30(29,35)18(5)24(20(7)31)26(33)19(29)6/h12,19,33-35H,4-5,7,11,13-14,31H2,1-3,6,8-10H3/t19?,28-,29-,30+/m0/s1. The molecule has 1 aromatic rings. The molecule has 5 heteroatoms. The third-order valence-corrected chi connectivity index (χ3v) is 10.3. The maximum Gasteiger partial charge on any atom is 0.117 e. The monoisotopic (exact) mass is 492 g/mol. The van der Waals surface area contributed by atoms with Crippen LogP contribution in [0.4, 0.5) is 5.69 Å². The molecule has 4 atom stereocenters. The third kappa shape index (κ3) is 2.94. The Morgan fingerprint density at radius 1 is 1.26 bits per heavy atom. The number of hydrogen-bond acceptors (Lipinski definition) is 5. The molecule has 0 spiro atoms. The van der Waals surface area contributed by atoms with Crippen LogP contribution < -0.4 is 10.6 Å². The first kappa shape index (κ1) is 25.6. The summed E-state index contributed by atoms with van der Waals surface area (Å²) >= 11 is 5.25. The minimum atomic E-state index is -1.11. The molecule has 0 bridgehead atoms. The predicted molar refractivity (Wildman–Crippen MR) is 151 cm³/mol. The third-order valence-electron chi connectivity index (χ3n) is 9.38. The van der Waals surface area contributed by atoms with E-state index in [2.05, 4.69) is 72.5 Å². The number of aliphatic hydroxyl groups excluding tert-OH is 2. The molecule has 0 aliphatic heterocycles. The number of fused-ring (bicyclic) bond motifs is 3. The Kier molecular flexibility index (Phi) is 5.65. The normalized spacial score (nSPS) is 32.3. The molecule has 0 radical (unpaired) electrons. The maximum atomic E-state index is 12.2. The first-order chi connectivity index (χ1) is 16.1. The second-order valence-corrected chi connectivity index (χ2v) is 12.1. The molecule has 35 heavy (non-hydrogen) atoms. The summed E-state index contributed by atoms with van der Waals surface area (Å²) in [6.45, 7) is 23.4. The van der Waals surface area contributed by atoms with E-state index in [9.17, 15) is 10.2 Å². The Labute approximate surface area is 216 Å². The smallest absolute Gasteiger partial charge is 0.117 e. The minimum Gasteiger partial charge on any atom is -0.511 e. The molecule has 0 heterocycles. The molecule has 1 aromatic carbocycles. The van der Waals surface area contributed by atoms with Crippen molar-refractivity contribution in [1.82, 2.24) is 0 Å². The molecular formula is C30H40N2O2S. The molecule has 0 amide bonds. The van der Waals surface area contributed by atoms with Crippen LogP contribution in [0.15, 0.2) is 59.7 Å². The summed E-state index contributed by atoms with van der Waals surface area (Å²) in [7, 11) is 4.14. The van der Waals surface area contributed by atoms with E-state index in [1.165, 1.54) is 22.4 Å². The number of benzene rings is 1. The van der Waals surface area contributed by atoms with Crippen LogP contribution in [0.25, 0.3) is 5.57 Å². The predicted octanol–water partition coefficient (Wildman–Crippen LogP) is 6.72. The summed E-state index contributed by atoms with van der Waals surface area (Å²) in [5, 5.41) is 23.5. The first-order valence-electron chi connectivity index (χ1n) is 12.3. The minimum absolute atomic E-state index is 0.183. The number of aryl methyl sites for hydroxylation is 1. The van der Waals surface area contributed by atoms with Crippen molar-refractivity contribution in [3.63, 3.8) is 0 Å². The van der Waals surface area contributed by atoms with Gasteiger partial charge in [0.25, 0.3) is 0 Å². The largest absolute Gasteiger partial charge is 0.511 e. The number of aliphatic hydroxyl groups is 2. The van der Waals surface area contributed by atoms with Crippen molar-refractivity contribution in [3.8, 4) is 0 Å². The highest BCUT2D eigenvalue weighted by Gasteiger charge is 2.66. The van der Waals surface area contributed by atoms with Gasteiger partial charge in [-0.15, -0.1) is 0 Å². The number of anilines is 1. The lowest BCUT2D eigenvalue weighted by Crippen LogP contribution is -2.60. The number of nitrogens with zero attached hydrogens (tertiary/aromatic N) is 1. The Morgan fingerprint density at radius 3 is 2.37 bits per heavy atom. The van der Waals surface area contributed by atoms with Crippen molar-refractivity contribution < 1.29 is 10.2 Å². The zero-order valence-corrected chi connectivity index (χ0v) is 23.2.